The third-order valence-corrected chi connectivity index (χ3v) is 9.10. The van der Waals surface area contributed by atoms with Crippen molar-refractivity contribution >= 4 is 17.7 Å². The Morgan fingerprint density at radius 1 is 1.12 bits per heavy atom. The quantitative estimate of drug-likeness (QED) is 0.282. The van der Waals surface area contributed by atoms with Gasteiger partial charge in [-0.25, -0.2) is 0 Å². The van der Waals surface area contributed by atoms with E-state index < -0.39 is 29.1 Å². The molecule has 2 bridgehead atoms. The summed E-state index contributed by atoms with van der Waals surface area (Å²) >= 11 is 0. The number of likely N-dealkylation sites (tertiary alicyclic amines) is 1. The molecule has 1 aromatic rings. The molecule has 1 N–H and O–H groups in total. The average Bonchev–Trinajstić information content (AvgIpc) is 3.55. The molecule has 3 fully saturated rings. The van der Waals surface area contributed by atoms with Gasteiger partial charge in [0.2, 0.25) is 17.7 Å². The standard InChI is InChI=1S/C32H45N3O5/c1-6-18-33(22-24-14-10-9-11-15-24)28(37)25-26-29(38)35(20-12-13-21-36)27(30(39)34(19-7-2)23(4)5)32(26)17-16-31(25,8-3)40-32/h6-7,9-11,14-15,23,25-27,36H,1-2,8,12-13,16-22H2,3-5H3/t25-,26-,27?,31+,32?/m0/s1. The zero-order valence-electron chi connectivity index (χ0n) is 24.3. The molecule has 8 heteroatoms. The number of aliphatic hydroxyl groups is 1. The number of hydrogen-bond donors (Lipinski definition) is 1. The Labute approximate surface area is 238 Å². The number of unbranched alkanes of at least 4 members (excludes halogenated alkanes) is 1. The van der Waals surface area contributed by atoms with E-state index in [1.807, 2.05) is 51.1 Å². The van der Waals surface area contributed by atoms with Crippen LogP contribution in [0.2, 0.25) is 0 Å². The van der Waals surface area contributed by atoms with E-state index in [2.05, 4.69) is 13.2 Å². The molecular formula is C32H45N3O5. The summed E-state index contributed by atoms with van der Waals surface area (Å²) in [6.45, 7) is 15.1. The summed E-state index contributed by atoms with van der Waals surface area (Å²) < 4.78 is 6.92. The van der Waals surface area contributed by atoms with E-state index in [-0.39, 0.29) is 30.4 Å². The Bertz CT molecular complexity index is 1110. The SMILES string of the molecule is C=CCN(Cc1ccccc1)C(=O)[C@@H]1[C@H]2C(=O)N(CCCCO)C(C(=O)N(CC=C)C(C)C)C23CC[C@@]1(CC)O3. The minimum atomic E-state index is -1.06. The molecule has 5 atom stereocenters. The third kappa shape index (κ3) is 5.00. The summed E-state index contributed by atoms with van der Waals surface area (Å²) in [4.78, 5) is 48.2. The van der Waals surface area contributed by atoms with Gasteiger partial charge in [-0.1, -0.05) is 49.4 Å². The van der Waals surface area contributed by atoms with Crippen LogP contribution in [-0.4, -0.2) is 87.1 Å². The van der Waals surface area contributed by atoms with E-state index >= 15 is 0 Å². The second kappa shape index (κ2) is 12.3. The lowest BCUT2D eigenvalue weighted by atomic mass is 9.64. The summed E-state index contributed by atoms with van der Waals surface area (Å²) in [5.41, 5.74) is -0.870. The number of aliphatic hydroxyl groups excluding tert-OH is 1. The molecule has 3 heterocycles. The van der Waals surface area contributed by atoms with Crippen molar-refractivity contribution in [1.29, 1.82) is 0 Å². The largest absolute Gasteiger partial charge is 0.396 e. The maximum Gasteiger partial charge on any atom is 0.248 e. The van der Waals surface area contributed by atoms with Crippen molar-refractivity contribution in [2.45, 2.75) is 82.7 Å². The van der Waals surface area contributed by atoms with Crippen LogP contribution in [0, 0.1) is 11.8 Å². The van der Waals surface area contributed by atoms with Gasteiger partial charge < -0.3 is 24.5 Å². The number of benzene rings is 1. The van der Waals surface area contributed by atoms with E-state index in [1.54, 1.807) is 26.9 Å². The molecule has 8 nitrogen and oxygen atoms in total. The Morgan fingerprint density at radius 3 is 2.42 bits per heavy atom. The van der Waals surface area contributed by atoms with Gasteiger partial charge in [0.05, 0.1) is 17.4 Å². The summed E-state index contributed by atoms with van der Waals surface area (Å²) in [6, 6.07) is 8.88. The number of hydrogen-bond acceptors (Lipinski definition) is 5. The van der Waals surface area contributed by atoms with Crippen LogP contribution in [0.3, 0.4) is 0 Å². The first-order chi connectivity index (χ1) is 19.2. The lowest BCUT2D eigenvalue weighted by Gasteiger charge is -2.38. The second-order valence-corrected chi connectivity index (χ2v) is 11.7. The van der Waals surface area contributed by atoms with Crippen molar-refractivity contribution in [2.24, 2.45) is 11.8 Å². The molecule has 2 unspecified atom stereocenters. The molecule has 3 aliphatic heterocycles. The first-order valence-corrected chi connectivity index (χ1v) is 14.7. The van der Waals surface area contributed by atoms with Gasteiger partial charge in [0.25, 0.3) is 0 Å². The van der Waals surface area contributed by atoms with E-state index in [9.17, 15) is 19.5 Å². The predicted molar refractivity (Wildman–Crippen MR) is 154 cm³/mol. The van der Waals surface area contributed by atoms with Gasteiger partial charge in [0, 0.05) is 38.8 Å². The molecule has 1 spiro atoms. The number of carbonyl (C=O) groups excluding carboxylic acids is 3. The maximum atomic E-state index is 14.5. The Morgan fingerprint density at radius 2 is 1.82 bits per heavy atom. The summed E-state index contributed by atoms with van der Waals surface area (Å²) in [7, 11) is 0. The van der Waals surface area contributed by atoms with Crippen LogP contribution in [0.5, 0.6) is 0 Å². The Balaban J connectivity index is 1.77. The van der Waals surface area contributed by atoms with Gasteiger partial charge in [0.15, 0.2) is 0 Å². The van der Waals surface area contributed by atoms with Crippen LogP contribution in [0.1, 0.15) is 58.4 Å². The number of fused-ring (bicyclic) bond motifs is 1. The van der Waals surface area contributed by atoms with E-state index in [0.29, 0.717) is 58.3 Å². The molecular weight excluding hydrogens is 506 g/mol. The van der Waals surface area contributed by atoms with Crippen LogP contribution < -0.4 is 0 Å². The normalized spacial score (nSPS) is 28.6. The molecule has 3 amide bonds. The first kappa shape index (κ1) is 30.0. The van der Waals surface area contributed by atoms with Crippen molar-refractivity contribution in [3.05, 3.63) is 61.2 Å². The van der Waals surface area contributed by atoms with Gasteiger partial charge >= 0.3 is 0 Å². The highest BCUT2D eigenvalue weighted by Gasteiger charge is 2.79. The Hall–Kier alpha value is -2.97. The molecule has 3 aliphatic rings. The van der Waals surface area contributed by atoms with Crippen molar-refractivity contribution in [2.75, 3.05) is 26.2 Å². The van der Waals surface area contributed by atoms with Crippen molar-refractivity contribution < 1.29 is 24.2 Å². The highest BCUT2D eigenvalue weighted by molar-refractivity contribution is 5.99. The number of nitrogens with zero attached hydrogens (tertiary/aromatic N) is 3. The summed E-state index contributed by atoms with van der Waals surface area (Å²) in [6.07, 6.45) is 6.24. The van der Waals surface area contributed by atoms with E-state index in [4.69, 9.17) is 4.74 Å². The smallest absolute Gasteiger partial charge is 0.248 e. The number of rotatable bonds is 14. The van der Waals surface area contributed by atoms with Crippen LogP contribution in [0.25, 0.3) is 0 Å². The summed E-state index contributed by atoms with van der Waals surface area (Å²) in [5, 5.41) is 9.42. The van der Waals surface area contributed by atoms with Gasteiger partial charge in [-0.3, -0.25) is 14.4 Å². The average molecular weight is 552 g/mol. The minimum absolute atomic E-state index is 0.0103. The van der Waals surface area contributed by atoms with Gasteiger partial charge in [-0.2, -0.15) is 0 Å². The number of ether oxygens (including phenoxy) is 1. The zero-order chi connectivity index (χ0) is 29.1. The van der Waals surface area contributed by atoms with Gasteiger partial charge in [0.1, 0.15) is 11.6 Å². The van der Waals surface area contributed by atoms with E-state index in [0.717, 1.165) is 5.56 Å². The van der Waals surface area contributed by atoms with Crippen LogP contribution in [0.15, 0.2) is 55.6 Å². The molecule has 0 aromatic heterocycles. The van der Waals surface area contributed by atoms with Crippen molar-refractivity contribution in [3.63, 3.8) is 0 Å². The fraction of sp³-hybridized carbons (Fsp3) is 0.594. The summed E-state index contributed by atoms with van der Waals surface area (Å²) in [5.74, 6) is -1.90. The molecule has 3 saturated heterocycles. The topological polar surface area (TPSA) is 90.4 Å². The number of amides is 3. The predicted octanol–water partition coefficient (Wildman–Crippen LogP) is 3.55. The Kier molecular flexibility index (Phi) is 9.20. The van der Waals surface area contributed by atoms with Crippen LogP contribution in [-0.2, 0) is 25.7 Å². The van der Waals surface area contributed by atoms with Crippen LogP contribution >= 0.6 is 0 Å². The van der Waals surface area contributed by atoms with Crippen molar-refractivity contribution in [3.8, 4) is 0 Å². The highest BCUT2D eigenvalue weighted by atomic mass is 16.5. The monoisotopic (exact) mass is 551 g/mol. The molecule has 4 rings (SSSR count). The molecule has 0 saturated carbocycles. The lowest BCUT2D eigenvalue weighted by Crippen LogP contribution is -2.57. The third-order valence-electron chi connectivity index (χ3n) is 9.10. The van der Waals surface area contributed by atoms with Gasteiger partial charge in [-0.15, -0.1) is 13.2 Å². The zero-order valence-corrected chi connectivity index (χ0v) is 24.3. The fourth-order valence-electron chi connectivity index (χ4n) is 7.25. The van der Waals surface area contributed by atoms with Gasteiger partial charge in [-0.05, 0) is 51.5 Å². The van der Waals surface area contributed by atoms with Crippen molar-refractivity contribution in [1.82, 2.24) is 14.7 Å². The lowest BCUT2D eigenvalue weighted by molar-refractivity contribution is -0.156. The minimum Gasteiger partial charge on any atom is -0.396 e. The van der Waals surface area contributed by atoms with Crippen LogP contribution in [0.4, 0.5) is 0 Å². The molecule has 0 aliphatic carbocycles. The molecule has 0 radical (unpaired) electrons. The molecule has 218 valence electrons. The molecule has 40 heavy (non-hydrogen) atoms. The maximum absolute atomic E-state index is 14.5. The second-order valence-electron chi connectivity index (χ2n) is 11.7. The highest BCUT2D eigenvalue weighted by Crippen LogP contribution is 2.64. The number of carbonyl (C=O) groups is 3. The molecule has 1 aromatic carbocycles. The first-order valence-electron chi connectivity index (χ1n) is 14.7. The van der Waals surface area contributed by atoms with E-state index in [1.165, 1.54) is 0 Å². The fourth-order valence-corrected chi connectivity index (χ4v) is 7.25.